The molecule has 5 nitrogen and oxygen atoms in total. The fraction of sp³-hybridized carbons (Fsp3) is 0.400. The molecule has 0 bridgehead atoms. The van der Waals surface area contributed by atoms with E-state index in [4.69, 9.17) is 0 Å². The van der Waals surface area contributed by atoms with Crippen molar-refractivity contribution in [2.75, 3.05) is 23.3 Å². The molecule has 1 N–H and O–H groups in total. The van der Waals surface area contributed by atoms with E-state index in [2.05, 4.69) is 70.4 Å². The van der Waals surface area contributed by atoms with Crippen molar-refractivity contribution in [3.8, 4) is 0 Å². The highest BCUT2D eigenvalue weighted by atomic mass is 15.3. The second kappa shape index (κ2) is 6.84. The predicted octanol–water partition coefficient (Wildman–Crippen LogP) is 2.64. The first kappa shape index (κ1) is 14.2. The molecule has 0 saturated carbocycles. The van der Waals surface area contributed by atoms with E-state index in [1.54, 1.807) is 6.20 Å². The first-order chi connectivity index (χ1) is 9.72. The SMILES string of the molecule is CCN(CC)c1cnnc(NCc2cccc(C)c2)n1. The molecule has 1 heterocycles. The standard InChI is InChI=1S/C15H21N5/c1-4-20(5-2)14-11-17-19-15(18-14)16-10-13-8-6-7-12(3)9-13/h6-9,11H,4-5,10H2,1-3H3,(H,16,18,19). The molecular formula is C15H21N5. The zero-order valence-electron chi connectivity index (χ0n) is 12.3. The van der Waals surface area contributed by atoms with Crippen LogP contribution >= 0.6 is 0 Å². The molecule has 0 aliphatic rings. The molecular weight excluding hydrogens is 250 g/mol. The number of aromatic nitrogens is 3. The van der Waals surface area contributed by atoms with Gasteiger partial charge in [-0.05, 0) is 26.3 Å². The Morgan fingerprint density at radius 2 is 2.00 bits per heavy atom. The summed E-state index contributed by atoms with van der Waals surface area (Å²) < 4.78 is 0. The number of hydrogen-bond donors (Lipinski definition) is 1. The normalized spacial score (nSPS) is 10.3. The van der Waals surface area contributed by atoms with Crippen molar-refractivity contribution in [3.05, 3.63) is 41.6 Å². The van der Waals surface area contributed by atoms with Crippen LogP contribution in [0.3, 0.4) is 0 Å². The minimum Gasteiger partial charge on any atom is -0.356 e. The Hall–Kier alpha value is -2.17. The van der Waals surface area contributed by atoms with Gasteiger partial charge in [-0.25, -0.2) is 0 Å². The van der Waals surface area contributed by atoms with Gasteiger partial charge in [0.1, 0.15) is 0 Å². The third-order valence-electron chi connectivity index (χ3n) is 3.17. The van der Waals surface area contributed by atoms with Crippen molar-refractivity contribution in [2.45, 2.75) is 27.3 Å². The van der Waals surface area contributed by atoms with Gasteiger partial charge in [0.15, 0.2) is 5.82 Å². The minimum atomic E-state index is 0.566. The molecule has 1 aromatic heterocycles. The van der Waals surface area contributed by atoms with Crippen molar-refractivity contribution in [2.24, 2.45) is 0 Å². The zero-order chi connectivity index (χ0) is 14.4. The second-order valence-electron chi connectivity index (χ2n) is 4.65. The van der Waals surface area contributed by atoms with Gasteiger partial charge in [-0.2, -0.15) is 10.1 Å². The summed E-state index contributed by atoms with van der Waals surface area (Å²) >= 11 is 0. The molecule has 0 unspecified atom stereocenters. The summed E-state index contributed by atoms with van der Waals surface area (Å²) in [6.07, 6.45) is 1.70. The molecule has 0 saturated heterocycles. The lowest BCUT2D eigenvalue weighted by molar-refractivity contribution is 0.822. The summed E-state index contributed by atoms with van der Waals surface area (Å²) in [7, 11) is 0. The Balaban J connectivity index is 2.04. The van der Waals surface area contributed by atoms with E-state index >= 15 is 0 Å². The predicted molar refractivity (Wildman–Crippen MR) is 81.9 cm³/mol. The lowest BCUT2D eigenvalue weighted by atomic mass is 10.1. The van der Waals surface area contributed by atoms with Crippen molar-refractivity contribution in [3.63, 3.8) is 0 Å². The Morgan fingerprint density at radius 1 is 1.20 bits per heavy atom. The van der Waals surface area contributed by atoms with E-state index < -0.39 is 0 Å². The van der Waals surface area contributed by atoms with Crippen molar-refractivity contribution in [1.82, 2.24) is 15.2 Å². The van der Waals surface area contributed by atoms with Gasteiger partial charge < -0.3 is 10.2 Å². The van der Waals surface area contributed by atoms with Crippen LogP contribution in [0, 0.1) is 6.92 Å². The molecule has 0 aliphatic carbocycles. The summed E-state index contributed by atoms with van der Waals surface area (Å²) in [6, 6.07) is 8.37. The van der Waals surface area contributed by atoms with Crippen molar-refractivity contribution >= 4 is 11.8 Å². The summed E-state index contributed by atoms with van der Waals surface area (Å²) in [6.45, 7) is 8.81. The molecule has 0 aliphatic heterocycles. The van der Waals surface area contributed by atoms with Gasteiger partial charge in [-0.1, -0.05) is 29.8 Å². The number of nitrogens with one attached hydrogen (secondary N) is 1. The number of rotatable bonds is 6. The van der Waals surface area contributed by atoms with Crippen LogP contribution in [0.5, 0.6) is 0 Å². The van der Waals surface area contributed by atoms with Crippen LogP contribution in [0.4, 0.5) is 11.8 Å². The van der Waals surface area contributed by atoms with Crippen LogP contribution in [-0.4, -0.2) is 28.3 Å². The Labute approximate surface area is 120 Å². The smallest absolute Gasteiger partial charge is 0.244 e. The third kappa shape index (κ3) is 3.66. The van der Waals surface area contributed by atoms with Gasteiger partial charge in [0.25, 0.3) is 0 Å². The highest BCUT2D eigenvalue weighted by molar-refractivity contribution is 5.40. The number of benzene rings is 1. The number of hydrogen-bond acceptors (Lipinski definition) is 5. The number of anilines is 2. The summed E-state index contributed by atoms with van der Waals surface area (Å²) in [5.41, 5.74) is 2.46. The Morgan fingerprint density at radius 3 is 2.70 bits per heavy atom. The van der Waals surface area contributed by atoms with E-state index in [0.717, 1.165) is 18.9 Å². The highest BCUT2D eigenvalue weighted by Gasteiger charge is 2.06. The Bertz CT molecular complexity index is 551. The zero-order valence-corrected chi connectivity index (χ0v) is 12.3. The summed E-state index contributed by atoms with van der Waals surface area (Å²) in [4.78, 5) is 6.64. The maximum atomic E-state index is 4.49. The summed E-state index contributed by atoms with van der Waals surface area (Å²) in [5.74, 6) is 1.42. The quantitative estimate of drug-likeness (QED) is 0.875. The molecule has 0 atom stereocenters. The maximum Gasteiger partial charge on any atom is 0.244 e. The molecule has 0 radical (unpaired) electrons. The van der Waals surface area contributed by atoms with Crippen LogP contribution in [0.25, 0.3) is 0 Å². The molecule has 5 heteroatoms. The average Bonchev–Trinajstić information content (AvgIpc) is 2.47. The van der Waals surface area contributed by atoms with E-state index in [9.17, 15) is 0 Å². The van der Waals surface area contributed by atoms with Crippen molar-refractivity contribution < 1.29 is 0 Å². The molecule has 2 rings (SSSR count). The fourth-order valence-corrected chi connectivity index (χ4v) is 2.07. The number of nitrogens with zero attached hydrogens (tertiary/aromatic N) is 4. The molecule has 0 spiro atoms. The molecule has 1 aromatic carbocycles. The van der Waals surface area contributed by atoms with Gasteiger partial charge in [0.05, 0.1) is 6.20 Å². The van der Waals surface area contributed by atoms with E-state index in [-0.39, 0.29) is 0 Å². The molecule has 106 valence electrons. The van der Waals surface area contributed by atoms with Gasteiger partial charge >= 0.3 is 0 Å². The topological polar surface area (TPSA) is 53.9 Å². The molecule has 0 amide bonds. The van der Waals surface area contributed by atoms with E-state index in [1.165, 1.54) is 11.1 Å². The lowest BCUT2D eigenvalue weighted by Crippen LogP contribution is -2.23. The van der Waals surface area contributed by atoms with Gasteiger partial charge in [-0.3, -0.25) is 0 Å². The molecule has 0 fully saturated rings. The van der Waals surface area contributed by atoms with Crippen LogP contribution in [0.15, 0.2) is 30.5 Å². The lowest BCUT2D eigenvalue weighted by Gasteiger charge is -2.19. The van der Waals surface area contributed by atoms with E-state index in [0.29, 0.717) is 12.5 Å². The molecule has 20 heavy (non-hydrogen) atoms. The van der Waals surface area contributed by atoms with Crippen LogP contribution in [0.2, 0.25) is 0 Å². The summed E-state index contributed by atoms with van der Waals surface area (Å²) in [5, 5.41) is 11.3. The first-order valence-electron chi connectivity index (χ1n) is 6.97. The van der Waals surface area contributed by atoms with E-state index in [1.807, 2.05) is 0 Å². The van der Waals surface area contributed by atoms with Crippen LogP contribution in [0.1, 0.15) is 25.0 Å². The molecule has 2 aromatic rings. The largest absolute Gasteiger partial charge is 0.356 e. The minimum absolute atomic E-state index is 0.566. The first-order valence-corrected chi connectivity index (χ1v) is 6.97. The number of aryl methyl sites for hydroxylation is 1. The second-order valence-corrected chi connectivity index (χ2v) is 4.65. The van der Waals surface area contributed by atoms with Crippen LogP contribution < -0.4 is 10.2 Å². The monoisotopic (exact) mass is 271 g/mol. The average molecular weight is 271 g/mol. The van der Waals surface area contributed by atoms with Crippen LogP contribution in [-0.2, 0) is 6.54 Å². The maximum absolute atomic E-state index is 4.49. The van der Waals surface area contributed by atoms with Gasteiger partial charge in [-0.15, -0.1) is 5.10 Å². The Kier molecular flexibility index (Phi) is 4.87. The third-order valence-corrected chi connectivity index (χ3v) is 3.17. The van der Waals surface area contributed by atoms with Gasteiger partial charge in [0.2, 0.25) is 5.95 Å². The van der Waals surface area contributed by atoms with Crippen molar-refractivity contribution in [1.29, 1.82) is 0 Å². The van der Waals surface area contributed by atoms with Gasteiger partial charge in [0, 0.05) is 19.6 Å². The fourth-order valence-electron chi connectivity index (χ4n) is 2.07. The highest BCUT2D eigenvalue weighted by Crippen LogP contribution is 2.11.